The van der Waals surface area contributed by atoms with Crippen LogP contribution in [0.3, 0.4) is 0 Å². The quantitative estimate of drug-likeness (QED) is 0.689. The highest BCUT2D eigenvalue weighted by Crippen LogP contribution is 2.17. The van der Waals surface area contributed by atoms with Gasteiger partial charge in [-0.1, -0.05) is 6.92 Å². The van der Waals surface area contributed by atoms with Gasteiger partial charge in [0.05, 0.1) is 12.7 Å². The molecule has 0 bridgehead atoms. The van der Waals surface area contributed by atoms with Crippen molar-refractivity contribution in [2.24, 2.45) is 5.73 Å². The molecule has 0 aliphatic carbocycles. The fourth-order valence-electron chi connectivity index (χ4n) is 2.24. The van der Waals surface area contributed by atoms with E-state index in [4.69, 9.17) is 10.5 Å². The zero-order valence-corrected chi connectivity index (χ0v) is 9.85. The van der Waals surface area contributed by atoms with Crippen LogP contribution in [0.1, 0.15) is 26.2 Å². The third-order valence-corrected chi connectivity index (χ3v) is 3.43. The molecule has 1 rings (SSSR count). The summed E-state index contributed by atoms with van der Waals surface area (Å²) in [7, 11) is 1.77. The molecule has 15 heavy (non-hydrogen) atoms. The van der Waals surface area contributed by atoms with Crippen LogP contribution in [0.15, 0.2) is 0 Å². The predicted molar refractivity (Wildman–Crippen MR) is 60.7 cm³/mol. The van der Waals surface area contributed by atoms with Gasteiger partial charge in [0.1, 0.15) is 0 Å². The van der Waals surface area contributed by atoms with Gasteiger partial charge in [-0.05, 0) is 19.3 Å². The average molecular weight is 216 g/mol. The highest BCUT2D eigenvalue weighted by Gasteiger charge is 2.27. The van der Waals surface area contributed by atoms with Crippen LogP contribution in [0, 0.1) is 0 Å². The first-order valence-corrected chi connectivity index (χ1v) is 5.86. The number of likely N-dealkylation sites (tertiary alicyclic amines) is 1. The highest BCUT2D eigenvalue weighted by molar-refractivity contribution is 4.84. The average Bonchev–Trinajstić information content (AvgIpc) is 2.30. The molecule has 3 N–H and O–H groups in total. The molecular formula is C11H24N2O2. The van der Waals surface area contributed by atoms with Gasteiger partial charge in [-0.15, -0.1) is 0 Å². The molecule has 0 radical (unpaired) electrons. The lowest BCUT2D eigenvalue weighted by atomic mass is 10.0. The van der Waals surface area contributed by atoms with E-state index in [0.717, 1.165) is 32.4 Å². The second kappa shape index (κ2) is 6.43. The van der Waals surface area contributed by atoms with Crippen molar-refractivity contribution in [3.05, 3.63) is 0 Å². The third kappa shape index (κ3) is 3.41. The number of aliphatic hydroxyl groups excluding tert-OH is 1. The van der Waals surface area contributed by atoms with Crippen molar-refractivity contribution >= 4 is 0 Å². The molecule has 1 fully saturated rings. The van der Waals surface area contributed by atoms with Gasteiger partial charge in [0.15, 0.2) is 0 Å². The number of ether oxygens (including phenoxy) is 1. The van der Waals surface area contributed by atoms with Gasteiger partial charge in [0.25, 0.3) is 0 Å². The lowest BCUT2D eigenvalue weighted by Crippen LogP contribution is -2.53. The zero-order chi connectivity index (χ0) is 11.3. The molecule has 0 saturated carbocycles. The molecule has 0 aromatic carbocycles. The van der Waals surface area contributed by atoms with E-state index in [9.17, 15) is 5.11 Å². The maximum absolute atomic E-state index is 9.35. The summed E-state index contributed by atoms with van der Waals surface area (Å²) in [5.74, 6) is 0. The lowest BCUT2D eigenvalue weighted by molar-refractivity contribution is 0.0105. The first kappa shape index (κ1) is 12.9. The van der Waals surface area contributed by atoms with E-state index >= 15 is 0 Å². The molecule has 1 aliphatic heterocycles. The van der Waals surface area contributed by atoms with Gasteiger partial charge in [-0.2, -0.15) is 0 Å². The van der Waals surface area contributed by atoms with Gasteiger partial charge in [0.2, 0.25) is 0 Å². The predicted octanol–water partition coefficient (Wildman–Crippen LogP) is 0.195. The maximum Gasteiger partial charge on any atom is 0.0601 e. The molecule has 0 aromatic rings. The van der Waals surface area contributed by atoms with Crippen LogP contribution >= 0.6 is 0 Å². The number of nitrogens with two attached hydrogens (primary N) is 1. The Bertz CT molecular complexity index is 170. The third-order valence-electron chi connectivity index (χ3n) is 3.43. The zero-order valence-electron chi connectivity index (χ0n) is 9.85. The molecule has 4 heteroatoms. The summed E-state index contributed by atoms with van der Waals surface area (Å²) in [5, 5.41) is 9.35. The van der Waals surface area contributed by atoms with Crippen molar-refractivity contribution in [3.8, 4) is 0 Å². The molecule has 2 unspecified atom stereocenters. The largest absolute Gasteiger partial charge is 0.395 e. The Balaban J connectivity index is 2.42. The van der Waals surface area contributed by atoms with Crippen LogP contribution in [-0.4, -0.2) is 55.0 Å². The monoisotopic (exact) mass is 216 g/mol. The Morgan fingerprint density at radius 3 is 2.47 bits per heavy atom. The van der Waals surface area contributed by atoms with E-state index < -0.39 is 0 Å². The first-order valence-electron chi connectivity index (χ1n) is 5.86. The fourth-order valence-corrected chi connectivity index (χ4v) is 2.24. The van der Waals surface area contributed by atoms with E-state index in [1.54, 1.807) is 7.11 Å². The van der Waals surface area contributed by atoms with E-state index in [0.29, 0.717) is 6.10 Å². The van der Waals surface area contributed by atoms with Gasteiger partial charge in [0, 0.05) is 32.3 Å². The number of hydrogen-bond donors (Lipinski definition) is 2. The number of hydrogen-bond acceptors (Lipinski definition) is 4. The van der Waals surface area contributed by atoms with Crippen LogP contribution in [0.5, 0.6) is 0 Å². The van der Waals surface area contributed by atoms with Gasteiger partial charge < -0.3 is 15.6 Å². The number of nitrogens with zero attached hydrogens (tertiary/aromatic N) is 1. The molecule has 0 aromatic heterocycles. The fraction of sp³-hybridized carbons (Fsp3) is 1.00. The van der Waals surface area contributed by atoms with Crippen LogP contribution in [-0.2, 0) is 4.74 Å². The molecule has 1 aliphatic rings. The van der Waals surface area contributed by atoms with Gasteiger partial charge >= 0.3 is 0 Å². The van der Waals surface area contributed by atoms with Gasteiger partial charge in [-0.25, -0.2) is 0 Å². The smallest absolute Gasteiger partial charge is 0.0601 e. The molecule has 90 valence electrons. The molecule has 1 saturated heterocycles. The van der Waals surface area contributed by atoms with E-state index in [1.165, 1.54) is 0 Å². The molecule has 2 atom stereocenters. The summed E-state index contributed by atoms with van der Waals surface area (Å²) in [6, 6.07) is 0.196. The van der Waals surface area contributed by atoms with Crippen LogP contribution in [0.25, 0.3) is 0 Å². The second-order valence-electron chi connectivity index (χ2n) is 4.29. The summed E-state index contributed by atoms with van der Waals surface area (Å²) in [5.41, 5.74) is 5.99. The SMILES string of the molecule is CCC(N)C(CO)N1CCC(OC)CC1. The van der Waals surface area contributed by atoms with Crippen molar-refractivity contribution in [3.63, 3.8) is 0 Å². The van der Waals surface area contributed by atoms with E-state index in [-0.39, 0.29) is 18.7 Å². The highest BCUT2D eigenvalue weighted by atomic mass is 16.5. The second-order valence-corrected chi connectivity index (χ2v) is 4.29. The number of aliphatic hydroxyl groups is 1. The van der Waals surface area contributed by atoms with E-state index in [1.807, 2.05) is 0 Å². The van der Waals surface area contributed by atoms with Crippen molar-refractivity contribution in [1.82, 2.24) is 4.90 Å². The summed E-state index contributed by atoms with van der Waals surface area (Å²) >= 11 is 0. The maximum atomic E-state index is 9.35. The normalized spacial score (nSPS) is 24.0. The minimum atomic E-state index is 0.0779. The summed E-state index contributed by atoms with van der Waals surface area (Å²) in [6.07, 6.45) is 3.39. The molecule has 1 heterocycles. The lowest BCUT2D eigenvalue weighted by Gasteiger charge is -2.38. The number of methoxy groups -OCH3 is 1. The van der Waals surface area contributed by atoms with Crippen molar-refractivity contribution < 1.29 is 9.84 Å². The Morgan fingerprint density at radius 1 is 1.47 bits per heavy atom. The summed E-state index contributed by atoms with van der Waals surface area (Å²) in [4.78, 5) is 2.30. The van der Waals surface area contributed by atoms with Crippen molar-refractivity contribution in [1.29, 1.82) is 0 Å². The molecular weight excluding hydrogens is 192 g/mol. The summed E-state index contributed by atoms with van der Waals surface area (Å²) < 4.78 is 5.32. The molecule has 0 amide bonds. The van der Waals surface area contributed by atoms with Crippen LogP contribution in [0.4, 0.5) is 0 Å². The van der Waals surface area contributed by atoms with Crippen LogP contribution in [0.2, 0.25) is 0 Å². The molecule has 4 nitrogen and oxygen atoms in total. The Kier molecular flexibility index (Phi) is 5.53. The van der Waals surface area contributed by atoms with E-state index in [2.05, 4.69) is 11.8 Å². The minimum absolute atomic E-state index is 0.0779. The molecule has 0 spiro atoms. The van der Waals surface area contributed by atoms with Crippen LogP contribution < -0.4 is 5.73 Å². The standard InChI is InChI=1S/C11H24N2O2/c1-3-10(12)11(8-14)13-6-4-9(15-2)5-7-13/h9-11,14H,3-8,12H2,1-2H3. The van der Waals surface area contributed by atoms with Gasteiger partial charge in [-0.3, -0.25) is 4.90 Å². The Labute approximate surface area is 92.4 Å². The minimum Gasteiger partial charge on any atom is -0.395 e. The Morgan fingerprint density at radius 2 is 2.07 bits per heavy atom. The first-order chi connectivity index (χ1) is 7.22. The van der Waals surface area contributed by atoms with Crippen molar-refractivity contribution in [2.75, 3.05) is 26.8 Å². The Hall–Kier alpha value is -0.160. The summed E-state index contributed by atoms with van der Waals surface area (Å²) in [6.45, 7) is 4.19. The number of rotatable bonds is 5. The number of piperidine rings is 1. The van der Waals surface area contributed by atoms with Crippen molar-refractivity contribution in [2.45, 2.75) is 44.4 Å². The topological polar surface area (TPSA) is 58.7 Å².